The van der Waals surface area contributed by atoms with Crippen molar-refractivity contribution in [2.45, 2.75) is 44.2 Å². The molecule has 1 aliphatic carbocycles. The SMILES string of the molecule is COCCn1nc(C(=O)NCC2(N3CCOCC3)CCCCC2)ccc1=O. The second-order valence-corrected chi connectivity index (χ2v) is 7.34. The van der Waals surface area contributed by atoms with Crippen LogP contribution >= 0.6 is 0 Å². The number of nitrogens with one attached hydrogen (secondary N) is 1. The molecular formula is C19H30N4O4. The van der Waals surface area contributed by atoms with E-state index < -0.39 is 0 Å². The molecule has 0 spiro atoms. The molecule has 1 saturated heterocycles. The van der Waals surface area contributed by atoms with Crippen LogP contribution in [-0.2, 0) is 16.0 Å². The lowest BCUT2D eigenvalue weighted by Crippen LogP contribution is -2.59. The van der Waals surface area contributed by atoms with Crippen LogP contribution in [0.4, 0.5) is 0 Å². The molecule has 8 nitrogen and oxygen atoms in total. The first-order valence-electron chi connectivity index (χ1n) is 9.83. The Balaban J connectivity index is 1.68. The third kappa shape index (κ3) is 4.94. The van der Waals surface area contributed by atoms with Crippen molar-refractivity contribution in [1.82, 2.24) is 20.0 Å². The van der Waals surface area contributed by atoms with Crippen LogP contribution in [0.15, 0.2) is 16.9 Å². The Hall–Kier alpha value is -1.77. The van der Waals surface area contributed by atoms with Gasteiger partial charge in [0.25, 0.3) is 11.5 Å². The predicted molar refractivity (Wildman–Crippen MR) is 101 cm³/mol. The molecule has 3 rings (SSSR count). The number of hydrogen-bond donors (Lipinski definition) is 1. The fourth-order valence-corrected chi connectivity index (χ4v) is 4.10. The van der Waals surface area contributed by atoms with Crippen molar-refractivity contribution < 1.29 is 14.3 Å². The Bertz CT molecular complexity index is 679. The molecule has 1 N–H and O–H groups in total. The number of ether oxygens (including phenoxy) is 2. The highest BCUT2D eigenvalue weighted by atomic mass is 16.5. The number of amides is 1. The molecule has 27 heavy (non-hydrogen) atoms. The quantitative estimate of drug-likeness (QED) is 0.750. The summed E-state index contributed by atoms with van der Waals surface area (Å²) in [6.45, 7) is 4.63. The maximum absolute atomic E-state index is 12.7. The topological polar surface area (TPSA) is 85.7 Å². The number of hydrogen-bond acceptors (Lipinski definition) is 6. The van der Waals surface area contributed by atoms with E-state index >= 15 is 0 Å². The van der Waals surface area contributed by atoms with E-state index in [4.69, 9.17) is 9.47 Å². The molecule has 2 aliphatic rings. The van der Waals surface area contributed by atoms with Gasteiger partial charge in [0.2, 0.25) is 0 Å². The van der Waals surface area contributed by atoms with Gasteiger partial charge in [0, 0.05) is 38.3 Å². The highest BCUT2D eigenvalue weighted by Gasteiger charge is 2.38. The number of carbonyl (C=O) groups excluding carboxylic acids is 1. The minimum atomic E-state index is -0.237. The monoisotopic (exact) mass is 378 g/mol. The minimum absolute atomic E-state index is 0.00217. The molecular weight excluding hydrogens is 348 g/mol. The summed E-state index contributed by atoms with van der Waals surface area (Å²) in [7, 11) is 1.57. The number of aromatic nitrogens is 2. The third-order valence-electron chi connectivity index (χ3n) is 5.65. The first-order chi connectivity index (χ1) is 13.1. The van der Waals surface area contributed by atoms with Crippen molar-refractivity contribution in [1.29, 1.82) is 0 Å². The van der Waals surface area contributed by atoms with E-state index in [9.17, 15) is 9.59 Å². The first-order valence-corrected chi connectivity index (χ1v) is 9.83. The highest BCUT2D eigenvalue weighted by molar-refractivity contribution is 5.92. The van der Waals surface area contributed by atoms with Crippen LogP contribution < -0.4 is 10.9 Å². The van der Waals surface area contributed by atoms with E-state index in [2.05, 4.69) is 15.3 Å². The summed E-state index contributed by atoms with van der Waals surface area (Å²) in [5.74, 6) is -0.237. The number of morpholine rings is 1. The van der Waals surface area contributed by atoms with Gasteiger partial charge in [-0.3, -0.25) is 14.5 Å². The minimum Gasteiger partial charge on any atom is -0.383 e. The molecule has 0 radical (unpaired) electrons. The molecule has 1 aromatic heterocycles. The lowest BCUT2D eigenvalue weighted by atomic mass is 9.79. The van der Waals surface area contributed by atoms with E-state index in [0.717, 1.165) is 39.1 Å². The molecule has 8 heteroatoms. The zero-order chi connectivity index (χ0) is 19.1. The average molecular weight is 378 g/mol. The van der Waals surface area contributed by atoms with Crippen LogP contribution in [0.2, 0.25) is 0 Å². The van der Waals surface area contributed by atoms with Crippen LogP contribution in [0, 0.1) is 0 Å². The molecule has 0 bridgehead atoms. The molecule has 2 heterocycles. The number of nitrogens with zero attached hydrogens (tertiary/aromatic N) is 3. The fourth-order valence-electron chi connectivity index (χ4n) is 4.10. The Labute approximate surface area is 159 Å². The molecule has 1 saturated carbocycles. The van der Waals surface area contributed by atoms with Crippen molar-refractivity contribution >= 4 is 5.91 Å². The van der Waals surface area contributed by atoms with Gasteiger partial charge in [-0.25, -0.2) is 4.68 Å². The van der Waals surface area contributed by atoms with Crippen molar-refractivity contribution in [2.75, 3.05) is 46.6 Å². The van der Waals surface area contributed by atoms with Crippen LogP contribution in [0.1, 0.15) is 42.6 Å². The van der Waals surface area contributed by atoms with E-state index in [1.165, 1.54) is 36.1 Å². The highest BCUT2D eigenvalue weighted by Crippen LogP contribution is 2.33. The van der Waals surface area contributed by atoms with Crippen molar-refractivity contribution in [3.05, 3.63) is 28.2 Å². The van der Waals surface area contributed by atoms with Gasteiger partial charge < -0.3 is 14.8 Å². The maximum Gasteiger partial charge on any atom is 0.271 e. The van der Waals surface area contributed by atoms with Gasteiger partial charge in [0.15, 0.2) is 0 Å². The molecule has 0 atom stereocenters. The van der Waals surface area contributed by atoms with E-state index in [0.29, 0.717) is 19.7 Å². The van der Waals surface area contributed by atoms with Crippen molar-refractivity contribution in [3.63, 3.8) is 0 Å². The number of methoxy groups -OCH3 is 1. The number of carbonyl (C=O) groups is 1. The Morgan fingerprint density at radius 1 is 1.26 bits per heavy atom. The van der Waals surface area contributed by atoms with Gasteiger partial charge >= 0.3 is 0 Å². The zero-order valence-electron chi connectivity index (χ0n) is 16.1. The summed E-state index contributed by atoms with van der Waals surface area (Å²) in [5, 5.41) is 7.27. The van der Waals surface area contributed by atoms with Crippen LogP contribution in [0.25, 0.3) is 0 Å². The molecule has 150 valence electrons. The van der Waals surface area contributed by atoms with Gasteiger partial charge in [0.1, 0.15) is 5.69 Å². The molecule has 1 aromatic rings. The largest absolute Gasteiger partial charge is 0.383 e. The zero-order valence-corrected chi connectivity index (χ0v) is 16.1. The van der Waals surface area contributed by atoms with Gasteiger partial charge in [-0.2, -0.15) is 5.10 Å². The summed E-state index contributed by atoms with van der Waals surface area (Å²) >= 11 is 0. The first kappa shape index (κ1) is 20.0. The predicted octanol–water partition coefficient (Wildman–Crippen LogP) is 0.655. The van der Waals surface area contributed by atoms with Crippen LogP contribution in [0.5, 0.6) is 0 Å². The molecule has 1 amide bonds. The van der Waals surface area contributed by atoms with Crippen molar-refractivity contribution in [2.24, 2.45) is 0 Å². The number of rotatable bonds is 7. The van der Waals surface area contributed by atoms with Crippen molar-refractivity contribution in [3.8, 4) is 0 Å². The van der Waals surface area contributed by atoms with Gasteiger partial charge in [-0.15, -0.1) is 0 Å². The maximum atomic E-state index is 12.7. The summed E-state index contributed by atoms with van der Waals surface area (Å²) in [6, 6.07) is 2.87. The standard InChI is InChI=1S/C19H30N4O4/c1-26-12-11-23-17(24)6-5-16(21-23)18(25)20-15-19(7-3-2-4-8-19)22-9-13-27-14-10-22/h5-6H,2-4,7-15H2,1H3,(H,20,25). The van der Waals surface area contributed by atoms with Gasteiger partial charge in [-0.1, -0.05) is 19.3 Å². The normalized spacial score (nSPS) is 20.3. The lowest BCUT2D eigenvalue weighted by Gasteiger charge is -2.48. The molecule has 1 aliphatic heterocycles. The van der Waals surface area contributed by atoms with Gasteiger partial charge in [0.05, 0.1) is 26.4 Å². The summed E-state index contributed by atoms with van der Waals surface area (Å²) in [6.07, 6.45) is 5.81. The second-order valence-electron chi connectivity index (χ2n) is 7.34. The second kappa shape index (κ2) is 9.43. The summed E-state index contributed by atoms with van der Waals surface area (Å²) < 4.78 is 11.8. The molecule has 2 fully saturated rings. The lowest BCUT2D eigenvalue weighted by molar-refractivity contribution is -0.0361. The average Bonchev–Trinajstić information content (AvgIpc) is 2.73. The Morgan fingerprint density at radius 3 is 2.70 bits per heavy atom. The van der Waals surface area contributed by atoms with Gasteiger partial charge in [-0.05, 0) is 18.9 Å². The molecule has 0 unspecified atom stereocenters. The molecule has 0 aromatic carbocycles. The fraction of sp³-hybridized carbons (Fsp3) is 0.737. The summed E-state index contributed by atoms with van der Waals surface area (Å²) in [4.78, 5) is 27.0. The van der Waals surface area contributed by atoms with E-state index in [1.807, 2.05) is 0 Å². The smallest absolute Gasteiger partial charge is 0.271 e. The Morgan fingerprint density at radius 2 is 2.00 bits per heavy atom. The third-order valence-corrected chi connectivity index (χ3v) is 5.65. The Kier molecular flexibility index (Phi) is 6.98. The summed E-state index contributed by atoms with van der Waals surface area (Å²) in [5.41, 5.74) is 0.0293. The van der Waals surface area contributed by atoms with Crippen LogP contribution in [-0.4, -0.2) is 72.7 Å². The van der Waals surface area contributed by atoms with E-state index in [-0.39, 0.29) is 22.7 Å². The van der Waals surface area contributed by atoms with E-state index in [1.54, 1.807) is 7.11 Å². The van der Waals surface area contributed by atoms with Crippen LogP contribution in [0.3, 0.4) is 0 Å².